The highest BCUT2D eigenvalue weighted by Gasteiger charge is 2.17. The van der Waals surface area contributed by atoms with Crippen LogP contribution in [0.15, 0.2) is 30.3 Å². The summed E-state index contributed by atoms with van der Waals surface area (Å²) in [4.78, 5) is 16.3. The van der Waals surface area contributed by atoms with Gasteiger partial charge in [-0.1, -0.05) is 31.5 Å². The molecule has 0 unspecified atom stereocenters. The summed E-state index contributed by atoms with van der Waals surface area (Å²) < 4.78 is 5.19. The number of nitrogens with zero attached hydrogens (tertiary/aromatic N) is 2. The Balaban J connectivity index is 1.64. The molecule has 0 aliphatic carbocycles. The Morgan fingerprint density at radius 2 is 1.86 bits per heavy atom. The number of benzene rings is 1. The van der Waals surface area contributed by atoms with Gasteiger partial charge in [-0.15, -0.1) is 0 Å². The number of hydrogen-bond acceptors (Lipinski definition) is 4. The predicted molar refractivity (Wildman–Crippen MR) is 85.6 cm³/mol. The maximum atomic E-state index is 11.6. The molecule has 0 saturated carbocycles. The van der Waals surface area contributed by atoms with E-state index in [4.69, 9.17) is 4.74 Å². The molecule has 4 nitrogen and oxygen atoms in total. The van der Waals surface area contributed by atoms with Crippen molar-refractivity contribution in [3.8, 4) is 0 Å². The third-order valence-corrected chi connectivity index (χ3v) is 3.89. The lowest BCUT2D eigenvalue weighted by Crippen LogP contribution is -2.47. The number of ether oxygens (including phenoxy) is 1. The minimum Gasteiger partial charge on any atom is -0.466 e. The molecule has 0 amide bonds. The van der Waals surface area contributed by atoms with E-state index in [1.807, 2.05) is 6.07 Å². The first kappa shape index (κ1) is 15.8. The second-order valence-corrected chi connectivity index (χ2v) is 5.49. The molecule has 0 N–H and O–H groups in total. The van der Waals surface area contributed by atoms with Crippen molar-refractivity contribution in [3.05, 3.63) is 30.3 Å². The lowest BCUT2D eigenvalue weighted by Gasteiger charge is -2.35. The smallest absolute Gasteiger partial charge is 0.307 e. The van der Waals surface area contributed by atoms with Crippen LogP contribution in [0.4, 0.5) is 5.69 Å². The summed E-state index contributed by atoms with van der Waals surface area (Å²) in [6.45, 7) is 7.54. The average molecular weight is 290 g/mol. The summed E-state index contributed by atoms with van der Waals surface area (Å²) in [6, 6.07) is 10.5. The van der Waals surface area contributed by atoms with Crippen molar-refractivity contribution in [1.82, 2.24) is 4.90 Å². The standard InChI is InChI=1S/C17H26N2O2/c1-2-3-15-21-17(20)9-10-18-11-13-19(14-12-18)16-7-5-4-6-8-16/h4-8H,2-3,9-15H2,1H3. The molecule has 0 radical (unpaired) electrons. The van der Waals surface area contributed by atoms with E-state index in [0.29, 0.717) is 13.0 Å². The third-order valence-electron chi connectivity index (χ3n) is 3.89. The molecule has 21 heavy (non-hydrogen) atoms. The number of unbranched alkanes of at least 4 members (excludes halogenated alkanes) is 1. The minimum absolute atomic E-state index is 0.0612. The summed E-state index contributed by atoms with van der Waals surface area (Å²) in [5.41, 5.74) is 1.29. The molecular formula is C17H26N2O2. The Morgan fingerprint density at radius 1 is 1.14 bits per heavy atom. The zero-order valence-corrected chi connectivity index (χ0v) is 13.0. The second kappa shape index (κ2) is 8.67. The fourth-order valence-electron chi connectivity index (χ4n) is 2.52. The molecule has 1 fully saturated rings. The molecule has 0 aromatic heterocycles. The zero-order chi connectivity index (χ0) is 14.9. The normalized spacial score (nSPS) is 16.0. The molecule has 0 atom stereocenters. The third kappa shape index (κ3) is 5.38. The molecule has 2 rings (SSSR count). The lowest BCUT2D eigenvalue weighted by atomic mass is 10.2. The van der Waals surface area contributed by atoms with Crippen LogP contribution in [0.3, 0.4) is 0 Å². The Hall–Kier alpha value is -1.55. The van der Waals surface area contributed by atoms with Gasteiger partial charge in [-0.3, -0.25) is 9.69 Å². The van der Waals surface area contributed by atoms with Gasteiger partial charge in [0.25, 0.3) is 0 Å². The fourth-order valence-corrected chi connectivity index (χ4v) is 2.52. The van der Waals surface area contributed by atoms with Gasteiger partial charge < -0.3 is 9.64 Å². The first-order valence-corrected chi connectivity index (χ1v) is 7.97. The van der Waals surface area contributed by atoms with E-state index in [1.165, 1.54) is 5.69 Å². The van der Waals surface area contributed by atoms with Gasteiger partial charge >= 0.3 is 5.97 Å². The Bertz CT molecular complexity index is 414. The largest absolute Gasteiger partial charge is 0.466 e. The van der Waals surface area contributed by atoms with Crippen LogP contribution in [-0.4, -0.2) is 50.2 Å². The van der Waals surface area contributed by atoms with Crippen molar-refractivity contribution in [2.45, 2.75) is 26.2 Å². The summed E-state index contributed by atoms with van der Waals surface area (Å²) in [7, 11) is 0. The highest BCUT2D eigenvalue weighted by Crippen LogP contribution is 2.15. The van der Waals surface area contributed by atoms with Gasteiger partial charge in [-0.05, 0) is 18.6 Å². The molecule has 4 heteroatoms. The SMILES string of the molecule is CCCCOC(=O)CCN1CCN(c2ccccc2)CC1. The molecule has 1 aromatic carbocycles. The monoisotopic (exact) mass is 290 g/mol. The number of para-hydroxylation sites is 1. The van der Waals surface area contributed by atoms with Crippen LogP contribution in [0.5, 0.6) is 0 Å². The van der Waals surface area contributed by atoms with Gasteiger partial charge in [-0.2, -0.15) is 0 Å². The lowest BCUT2D eigenvalue weighted by molar-refractivity contribution is -0.144. The van der Waals surface area contributed by atoms with E-state index in [1.54, 1.807) is 0 Å². The predicted octanol–water partition coefficient (Wildman–Crippen LogP) is 2.54. The molecule has 1 aliphatic heterocycles. The maximum Gasteiger partial charge on any atom is 0.307 e. The maximum absolute atomic E-state index is 11.6. The van der Waals surface area contributed by atoms with Crippen molar-refractivity contribution in [2.24, 2.45) is 0 Å². The van der Waals surface area contributed by atoms with E-state index in [9.17, 15) is 4.79 Å². The zero-order valence-electron chi connectivity index (χ0n) is 13.0. The topological polar surface area (TPSA) is 32.8 Å². The van der Waals surface area contributed by atoms with Crippen LogP contribution < -0.4 is 4.90 Å². The molecule has 0 spiro atoms. The molecule has 1 heterocycles. The van der Waals surface area contributed by atoms with E-state index in [2.05, 4.69) is 41.0 Å². The average Bonchev–Trinajstić information content (AvgIpc) is 2.54. The highest BCUT2D eigenvalue weighted by molar-refractivity contribution is 5.69. The van der Waals surface area contributed by atoms with E-state index in [-0.39, 0.29) is 5.97 Å². The fraction of sp³-hybridized carbons (Fsp3) is 0.588. The number of carbonyl (C=O) groups is 1. The van der Waals surface area contributed by atoms with Crippen LogP contribution in [0.2, 0.25) is 0 Å². The number of piperazine rings is 1. The Morgan fingerprint density at radius 3 is 2.52 bits per heavy atom. The van der Waals surface area contributed by atoms with Gasteiger partial charge in [0.15, 0.2) is 0 Å². The summed E-state index contributed by atoms with van der Waals surface area (Å²) in [5, 5.41) is 0. The molecule has 1 aliphatic rings. The first-order chi connectivity index (χ1) is 10.3. The number of hydrogen-bond donors (Lipinski definition) is 0. The van der Waals surface area contributed by atoms with Crippen molar-refractivity contribution in [2.75, 3.05) is 44.2 Å². The van der Waals surface area contributed by atoms with Gasteiger partial charge in [0.1, 0.15) is 0 Å². The van der Waals surface area contributed by atoms with Gasteiger partial charge in [0.05, 0.1) is 13.0 Å². The van der Waals surface area contributed by atoms with Gasteiger partial charge in [0, 0.05) is 38.4 Å². The quantitative estimate of drug-likeness (QED) is 0.571. The van der Waals surface area contributed by atoms with E-state index in [0.717, 1.165) is 45.6 Å². The molecular weight excluding hydrogens is 264 g/mol. The van der Waals surface area contributed by atoms with E-state index < -0.39 is 0 Å². The number of anilines is 1. The minimum atomic E-state index is -0.0612. The van der Waals surface area contributed by atoms with Crippen LogP contribution in [0.25, 0.3) is 0 Å². The molecule has 116 valence electrons. The Labute approximate surface area is 127 Å². The first-order valence-electron chi connectivity index (χ1n) is 7.97. The second-order valence-electron chi connectivity index (χ2n) is 5.49. The van der Waals surface area contributed by atoms with Crippen molar-refractivity contribution < 1.29 is 9.53 Å². The summed E-state index contributed by atoms with van der Waals surface area (Å²) in [6.07, 6.45) is 2.53. The summed E-state index contributed by atoms with van der Waals surface area (Å²) in [5.74, 6) is -0.0612. The van der Waals surface area contributed by atoms with Gasteiger partial charge in [-0.25, -0.2) is 0 Å². The number of carbonyl (C=O) groups excluding carboxylic acids is 1. The molecule has 1 saturated heterocycles. The Kier molecular flexibility index (Phi) is 6.54. The molecule has 0 bridgehead atoms. The van der Waals surface area contributed by atoms with Crippen LogP contribution in [-0.2, 0) is 9.53 Å². The van der Waals surface area contributed by atoms with Crippen molar-refractivity contribution in [1.29, 1.82) is 0 Å². The van der Waals surface area contributed by atoms with Crippen LogP contribution in [0, 0.1) is 0 Å². The molecule has 1 aromatic rings. The van der Waals surface area contributed by atoms with Crippen molar-refractivity contribution in [3.63, 3.8) is 0 Å². The number of rotatable bonds is 7. The summed E-state index contributed by atoms with van der Waals surface area (Å²) >= 11 is 0. The highest BCUT2D eigenvalue weighted by atomic mass is 16.5. The van der Waals surface area contributed by atoms with Crippen LogP contribution >= 0.6 is 0 Å². The number of esters is 1. The van der Waals surface area contributed by atoms with Crippen LogP contribution in [0.1, 0.15) is 26.2 Å². The van der Waals surface area contributed by atoms with Gasteiger partial charge in [0.2, 0.25) is 0 Å². The van der Waals surface area contributed by atoms with Crippen molar-refractivity contribution >= 4 is 11.7 Å². The van der Waals surface area contributed by atoms with E-state index >= 15 is 0 Å².